The molecule has 0 unspecified atom stereocenters. The van der Waals surface area contributed by atoms with Gasteiger partial charge < -0.3 is 18.6 Å². The predicted octanol–water partition coefficient (Wildman–Crippen LogP) is 5.00. The number of carbonyl (C=O) groups excluding carboxylic acids is 2. The number of aliphatic imine (C=N–C) groups is 1. The third-order valence-electron chi connectivity index (χ3n) is 4.21. The molecule has 0 saturated carbocycles. The van der Waals surface area contributed by atoms with Gasteiger partial charge in [-0.25, -0.2) is 14.6 Å². The first-order valence-electron chi connectivity index (χ1n) is 9.34. The van der Waals surface area contributed by atoms with E-state index in [1.54, 1.807) is 42.5 Å². The maximum Gasteiger partial charge on any atom is 0.379 e. The van der Waals surface area contributed by atoms with E-state index in [-0.39, 0.29) is 23.1 Å². The number of carbonyl (C=O) groups is 2. The number of nitrogens with zero attached hydrogens (tertiary/aromatic N) is 1. The van der Waals surface area contributed by atoms with E-state index < -0.39 is 11.9 Å². The zero-order valence-electron chi connectivity index (χ0n) is 16.3. The van der Waals surface area contributed by atoms with Gasteiger partial charge in [-0.1, -0.05) is 22.0 Å². The first-order valence-corrected chi connectivity index (χ1v) is 10.1. The maximum atomic E-state index is 12.3. The summed E-state index contributed by atoms with van der Waals surface area (Å²) in [6.45, 7) is 2.17. The Bertz CT molecular complexity index is 1180. The van der Waals surface area contributed by atoms with Gasteiger partial charge in [-0.05, 0) is 67.1 Å². The topological polar surface area (TPSA) is 87.3 Å². The van der Waals surface area contributed by atoms with Crippen LogP contribution < -0.4 is 9.47 Å². The molecule has 2 aromatic carbocycles. The molecule has 0 spiro atoms. The number of rotatable bonds is 6. The molecule has 31 heavy (non-hydrogen) atoms. The number of esters is 2. The van der Waals surface area contributed by atoms with Crippen molar-refractivity contribution in [3.63, 3.8) is 0 Å². The quantitative estimate of drug-likeness (QED) is 0.279. The Kier molecular flexibility index (Phi) is 5.99. The van der Waals surface area contributed by atoms with Gasteiger partial charge >= 0.3 is 11.9 Å². The summed E-state index contributed by atoms with van der Waals surface area (Å²) in [5.74, 6) is -0.294. The summed E-state index contributed by atoms with van der Waals surface area (Å²) in [6.07, 6.45) is 2.97. The van der Waals surface area contributed by atoms with Crippen LogP contribution >= 0.6 is 15.9 Å². The smallest absolute Gasteiger partial charge is 0.379 e. The zero-order chi connectivity index (χ0) is 21.8. The second kappa shape index (κ2) is 9.01. The van der Waals surface area contributed by atoms with E-state index in [4.69, 9.17) is 18.6 Å². The number of ether oxygens (including phenoxy) is 3. The molecule has 2 heterocycles. The van der Waals surface area contributed by atoms with Crippen LogP contribution in [0.3, 0.4) is 0 Å². The Labute approximate surface area is 186 Å². The summed E-state index contributed by atoms with van der Waals surface area (Å²) in [6, 6.07) is 15.3. The number of cyclic esters (lactones) is 1. The summed E-state index contributed by atoms with van der Waals surface area (Å²) >= 11 is 3.37. The molecular weight excluding hydrogens is 466 g/mol. The molecule has 0 fully saturated rings. The van der Waals surface area contributed by atoms with Crippen molar-refractivity contribution in [3.05, 3.63) is 87.9 Å². The van der Waals surface area contributed by atoms with Crippen molar-refractivity contribution in [2.45, 2.75) is 6.92 Å². The summed E-state index contributed by atoms with van der Waals surface area (Å²) in [5, 5.41) is 0. The van der Waals surface area contributed by atoms with Crippen molar-refractivity contribution >= 4 is 39.8 Å². The molecule has 0 bridgehead atoms. The van der Waals surface area contributed by atoms with E-state index in [9.17, 15) is 9.59 Å². The molecule has 4 rings (SSSR count). The number of hydrogen-bond donors (Lipinski definition) is 0. The average molecular weight is 482 g/mol. The van der Waals surface area contributed by atoms with Gasteiger partial charge in [-0.15, -0.1) is 0 Å². The van der Waals surface area contributed by atoms with E-state index in [0.717, 1.165) is 4.47 Å². The van der Waals surface area contributed by atoms with Gasteiger partial charge in [0.15, 0.2) is 17.2 Å². The maximum absolute atomic E-state index is 12.3. The fourth-order valence-corrected chi connectivity index (χ4v) is 3.06. The minimum absolute atomic E-state index is 0.0807. The third-order valence-corrected chi connectivity index (χ3v) is 4.74. The second-order valence-electron chi connectivity index (χ2n) is 6.35. The highest BCUT2D eigenvalue weighted by Crippen LogP contribution is 2.31. The first-order chi connectivity index (χ1) is 15.0. The highest BCUT2D eigenvalue weighted by atomic mass is 79.9. The van der Waals surface area contributed by atoms with Crippen LogP contribution in [-0.4, -0.2) is 24.4 Å². The number of furan rings is 1. The molecule has 0 aliphatic carbocycles. The largest absolute Gasteiger partial charge is 0.490 e. The number of benzene rings is 2. The monoisotopic (exact) mass is 481 g/mol. The Balaban J connectivity index is 1.59. The van der Waals surface area contributed by atoms with Gasteiger partial charge in [-0.2, -0.15) is 0 Å². The van der Waals surface area contributed by atoms with Gasteiger partial charge in [0.2, 0.25) is 11.7 Å². The van der Waals surface area contributed by atoms with Gasteiger partial charge in [0.05, 0.1) is 12.9 Å². The van der Waals surface area contributed by atoms with Crippen molar-refractivity contribution in [3.8, 4) is 11.5 Å². The van der Waals surface area contributed by atoms with E-state index in [1.165, 1.54) is 12.3 Å². The molecule has 156 valence electrons. The van der Waals surface area contributed by atoms with Crippen LogP contribution in [0.25, 0.3) is 6.08 Å². The van der Waals surface area contributed by atoms with Crippen LogP contribution in [0.1, 0.15) is 28.6 Å². The van der Waals surface area contributed by atoms with Crippen LogP contribution in [0.4, 0.5) is 0 Å². The fraction of sp³-hybridized carbons (Fsp3) is 0.0870. The van der Waals surface area contributed by atoms with Crippen molar-refractivity contribution < 1.29 is 28.2 Å². The molecule has 8 heteroatoms. The van der Waals surface area contributed by atoms with Crippen LogP contribution in [-0.2, 0) is 9.53 Å². The molecule has 0 amide bonds. The third kappa shape index (κ3) is 4.75. The average Bonchev–Trinajstić information content (AvgIpc) is 3.41. The van der Waals surface area contributed by atoms with E-state index in [2.05, 4.69) is 20.9 Å². The standard InChI is InChI=1S/C23H16BrNO6/c1-2-28-20-13-14(5-10-18(20)30-23(27)19-4-3-11-29-19)12-17-22(26)31-21(25-17)15-6-8-16(24)9-7-15/h3-13H,2H2,1H3. The van der Waals surface area contributed by atoms with Crippen LogP contribution in [0.2, 0.25) is 0 Å². The molecule has 7 nitrogen and oxygen atoms in total. The number of hydrogen-bond acceptors (Lipinski definition) is 7. The summed E-state index contributed by atoms with van der Waals surface area (Å²) in [7, 11) is 0. The zero-order valence-corrected chi connectivity index (χ0v) is 17.9. The molecule has 1 aromatic heterocycles. The van der Waals surface area contributed by atoms with E-state index in [1.807, 2.05) is 19.1 Å². The summed E-state index contributed by atoms with van der Waals surface area (Å²) in [5.41, 5.74) is 1.48. The number of halogens is 1. The lowest BCUT2D eigenvalue weighted by Gasteiger charge is -2.10. The van der Waals surface area contributed by atoms with Crippen molar-refractivity contribution in [2.24, 2.45) is 4.99 Å². The Morgan fingerprint density at radius 2 is 1.94 bits per heavy atom. The second-order valence-corrected chi connectivity index (χ2v) is 7.26. The summed E-state index contributed by atoms with van der Waals surface area (Å²) < 4.78 is 22.2. The SMILES string of the molecule is CCOc1cc(C=C2N=C(c3ccc(Br)cc3)OC2=O)ccc1OC(=O)c1ccco1. The van der Waals surface area contributed by atoms with Gasteiger partial charge in [0.1, 0.15) is 0 Å². The minimum atomic E-state index is -0.639. The Hall–Kier alpha value is -3.65. The lowest BCUT2D eigenvalue weighted by Crippen LogP contribution is -2.08. The van der Waals surface area contributed by atoms with Crippen molar-refractivity contribution in [2.75, 3.05) is 6.61 Å². The molecule has 0 radical (unpaired) electrons. The molecule has 0 saturated heterocycles. The van der Waals surface area contributed by atoms with E-state index >= 15 is 0 Å². The highest BCUT2D eigenvalue weighted by Gasteiger charge is 2.24. The van der Waals surface area contributed by atoms with E-state index in [0.29, 0.717) is 23.5 Å². The molecule has 0 N–H and O–H groups in total. The first kappa shape index (κ1) is 20.6. The molecular formula is C23H16BrNO6. The van der Waals surface area contributed by atoms with Gasteiger partial charge in [-0.3, -0.25) is 0 Å². The molecule has 1 aliphatic heterocycles. The van der Waals surface area contributed by atoms with Gasteiger partial charge in [0, 0.05) is 10.0 Å². The normalized spacial score (nSPS) is 14.3. The Morgan fingerprint density at radius 1 is 1.13 bits per heavy atom. The van der Waals surface area contributed by atoms with Crippen LogP contribution in [0, 0.1) is 0 Å². The summed E-state index contributed by atoms with van der Waals surface area (Å²) in [4.78, 5) is 28.7. The van der Waals surface area contributed by atoms with Crippen molar-refractivity contribution in [1.82, 2.24) is 0 Å². The van der Waals surface area contributed by atoms with Crippen LogP contribution in [0.5, 0.6) is 11.5 Å². The molecule has 0 atom stereocenters. The van der Waals surface area contributed by atoms with Crippen LogP contribution in [0.15, 0.2) is 80.4 Å². The lowest BCUT2D eigenvalue weighted by atomic mass is 10.1. The fourth-order valence-electron chi connectivity index (χ4n) is 2.79. The minimum Gasteiger partial charge on any atom is -0.490 e. The molecule has 1 aliphatic rings. The predicted molar refractivity (Wildman–Crippen MR) is 116 cm³/mol. The Morgan fingerprint density at radius 3 is 2.65 bits per heavy atom. The van der Waals surface area contributed by atoms with Crippen molar-refractivity contribution in [1.29, 1.82) is 0 Å². The van der Waals surface area contributed by atoms with Gasteiger partial charge in [0.25, 0.3) is 0 Å². The molecule has 3 aromatic rings. The lowest BCUT2D eigenvalue weighted by molar-refractivity contribution is -0.129. The highest BCUT2D eigenvalue weighted by molar-refractivity contribution is 9.10.